The van der Waals surface area contributed by atoms with E-state index in [4.69, 9.17) is 9.52 Å². The first-order valence-corrected chi connectivity index (χ1v) is 7.45. The molecule has 1 aromatic carbocycles. The van der Waals surface area contributed by atoms with Gasteiger partial charge in [0.1, 0.15) is 11.3 Å². The first-order valence-electron chi connectivity index (χ1n) is 7.45. The fraction of sp³-hybridized carbons (Fsp3) is 0.529. The van der Waals surface area contributed by atoms with E-state index in [1.165, 1.54) is 10.9 Å². The molecule has 0 aliphatic carbocycles. The van der Waals surface area contributed by atoms with Crippen molar-refractivity contribution in [2.75, 3.05) is 13.2 Å². The van der Waals surface area contributed by atoms with E-state index < -0.39 is 0 Å². The summed E-state index contributed by atoms with van der Waals surface area (Å²) in [4.78, 5) is 0. The highest BCUT2D eigenvalue weighted by Crippen LogP contribution is 2.29. The summed E-state index contributed by atoms with van der Waals surface area (Å²) >= 11 is 0. The van der Waals surface area contributed by atoms with E-state index in [1.807, 2.05) is 18.2 Å². The number of aryl methyl sites for hydroxylation is 1. The van der Waals surface area contributed by atoms with Gasteiger partial charge in [-0.25, -0.2) is 0 Å². The number of hydrogen-bond acceptors (Lipinski definition) is 3. The topological polar surface area (TPSA) is 45.4 Å². The Kier molecular flexibility index (Phi) is 5.21. The van der Waals surface area contributed by atoms with Crippen molar-refractivity contribution in [3.05, 3.63) is 35.6 Å². The molecule has 1 heterocycles. The van der Waals surface area contributed by atoms with Crippen molar-refractivity contribution in [1.29, 1.82) is 0 Å². The number of aliphatic hydroxyl groups excluding tert-OH is 1. The van der Waals surface area contributed by atoms with Crippen LogP contribution in [0.25, 0.3) is 11.0 Å². The molecule has 2 atom stereocenters. The van der Waals surface area contributed by atoms with Gasteiger partial charge < -0.3 is 14.8 Å². The largest absolute Gasteiger partial charge is 0.459 e. The number of nitrogens with one attached hydrogen (secondary N) is 1. The van der Waals surface area contributed by atoms with Crippen molar-refractivity contribution in [3.8, 4) is 0 Å². The Hall–Kier alpha value is -1.32. The molecule has 0 saturated heterocycles. The van der Waals surface area contributed by atoms with Gasteiger partial charge in [-0.2, -0.15) is 0 Å². The third-order valence-electron chi connectivity index (χ3n) is 3.91. The maximum Gasteiger partial charge on any atom is 0.134 e. The molecular formula is C17H25NO2. The number of para-hydroxylation sites is 1. The van der Waals surface area contributed by atoms with Crippen LogP contribution in [-0.4, -0.2) is 18.3 Å². The Morgan fingerprint density at radius 3 is 2.70 bits per heavy atom. The summed E-state index contributed by atoms with van der Waals surface area (Å²) in [7, 11) is 0. The van der Waals surface area contributed by atoms with Gasteiger partial charge in [-0.3, -0.25) is 0 Å². The van der Waals surface area contributed by atoms with Gasteiger partial charge in [-0.1, -0.05) is 25.1 Å². The monoisotopic (exact) mass is 275 g/mol. The molecule has 0 spiro atoms. The van der Waals surface area contributed by atoms with E-state index in [1.54, 1.807) is 0 Å². The highest BCUT2D eigenvalue weighted by Gasteiger charge is 2.15. The second-order valence-corrected chi connectivity index (χ2v) is 5.69. The molecule has 3 heteroatoms. The van der Waals surface area contributed by atoms with Crippen LogP contribution in [0.3, 0.4) is 0 Å². The quantitative estimate of drug-likeness (QED) is 0.755. The zero-order chi connectivity index (χ0) is 14.5. The predicted octanol–water partition coefficient (Wildman–Crippen LogP) is 3.80. The van der Waals surface area contributed by atoms with E-state index in [2.05, 4.69) is 32.2 Å². The third-order valence-corrected chi connectivity index (χ3v) is 3.91. The van der Waals surface area contributed by atoms with Crippen LogP contribution in [0.5, 0.6) is 0 Å². The molecule has 2 N–H and O–H groups in total. The lowest BCUT2D eigenvalue weighted by Crippen LogP contribution is -2.20. The van der Waals surface area contributed by atoms with Gasteiger partial charge in [-0.15, -0.1) is 0 Å². The second-order valence-electron chi connectivity index (χ2n) is 5.69. The van der Waals surface area contributed by atoms with Crippen LogP contribution in [0.15, 0.2) is 28.7 Å². The zero-order valence-electron chi connectivity index (χ0n) is 12.6. The normalized spacial score (nSPS) is 14.6. The van der Waals surface area contributed by atoms with Gasteiger partial charge in [0.25, 0.3) is 0 Å². The minimum atomic E-state index is 0.215. The van der Waals surface area contributed by atoms with Gasteiger partial charge in [0.15, 0.2) is 0 Å². The lowest BCUT2D eigenvalue weighted by molar-refractivity contribution is 0.227. The van der Waals surface area contributed by atoms with Crippen molar-refractivity contribution in [1.82, 2.24) is 5.32 Å². The van der Waals surface area contributed by atoms with Gasteiger partial charge >= 0.3 is 0 Å². The molecule has 0 aliphatic heterocycles. The summed E-state index contributed by atoms with van der Waals surface area (Å²) in [6.07, 6.45) is 2.13. The third kappa shape index (κ3) is 3.41. The molecule has 110 valence electrons. The fourth-order valence-corrected chi connectivity index (χ4v) is 2.56. The number of aliphatic hydroxyl groups is 1. The van der Waals surface area contributed by atoms with E-state index in [9.17, 15) is 0 Å². The minimum absolute atomic E-state index is 0.215. The number of benzene rings is 1. The van der Waals surface area contributed by atoms with Gasteiger partial charge in [0, 0.05) is 12.0 Å². The number of furan rings is 1. The second kappa shape index (κ2) is 6.91. The summed E-state index contributed by atoms with van der Waals surface area (Å²) in [5.41, 5.74) is 2.19. The maximum atomic E-state index is 9.00. The molecule has 2 aromatic rings. The summed E-state index contributed by atoms with van der Waals surface area (Å²) in [5, 5.41) is 13.7. The molecule has 2 rings (SSSR count). The van der Waals surface area contributed by atoms with Crippen LogP contribution < -0.4 is 5.32 Å². The van der Waals surface area contributed by atoms with Crippen molar-refractivity contribution >= 4 is 11.0 Å². The Labute approximate surface area is 121 Å². The van der Waals surface area contributed by atoms with E-state index in [-0.39, 0.29) is 12.6 Å². The summed E-state index contributed by atoms with van der Waals surface area (Å²) in [6.45, 7) is 7.56. The van der Waals surface area contributed by atoms with Crippen molar-refractivity contribution in [3.63, 3.8) is 0 Å². The van der Waals surface area contributed by atoms with Crippen LogP contribution in [0.2, 0.25) is 0 Å². The van der Waals surface area contributed by atoms with E-state index in [0.29, 0.717) is 5.92 Å². The molecule has 20 heavy (non-hydrogen) atoms. The Balaban J connectivity index is 1.94. The molecule has 0 saturated carbocycles. The minimum Gasteiger partial charge on any atom is -0.459 e. The van der Waals surface area contributed by atoms with Gasteiger partial charge in [0.05, 0.1) is 6.04 Å². The zero-order valence-corrected chi connectivity index (χ0v) is 12.6. The number of rotatable bonds is 7. The molecule has 0 bridgehead atoms. The van der Waals surface area contributed by atoms with Crippen LogP contribution in [0.4, 0.5) is 0 Å². The van der Waals surface area contributed by atoms with Crippen LogP contribution in [0, 0.1) is 12.8 Å². The van der Waals surface area contributed by atoms with Crippen LogP contribution in [-0.2, 0) is 0 Å². The first-order chi connectivity index (χ1) is 9.63. The Morgan fingerprint density at radius 2 is 2.00 bits per heavy atom. The molecule has 0 aliphatic rings. The van der Waals surface area contributed by atoms with Crippen molar-refractivity contribution in [2.45, 2.75) is 39.7 Å². The molecule has 1 aromatic heterocycles. The maximum absolute atomic E-state index is 9.00. The van der Waals surface area contributed by atoms with Crippen molar-refractivity contribution < 1.29 is 9.52 Å². The van der Waals surface area contributed by atoms with Gasteiger partial charge in [0.2, 0.25) is 0 Å². The molecule has 2 unspecified atom stereocenters. The number of fused-ring (bicyclic) bond motifs is 1. The summed E-state index contributed by atoms with van der Waals surface area (Å²) in [5.74, 6) is 1.42. The molecule has 0 amide bonds. The average molecular weight is 275 g/mol. The van der Waals surface area contributed by atoms with Gasteiger partial charge in [-0.05, 0) is 50.8 Å². The first kappa shape index (κ1) is 15.1. The highest BCUT2D eigenvalue weighted by molar-refractivity contribution is 5.82. The molecule has 0 fully saturated rings. The molecule has 0 radical (unpaired) electrons. The average Bonchev–Trinajstić information content (AvgIpc) is 2.81. The smallest absolute Gasteiger partial charge is 0.134 e. The predicted molar refractivity (Wildman–Crippen MR) is 82.9 cm³/mol. The lowest BCUT2D eigenvalue weighted by atomic mass is 10.1. The summed E-state index contributed by atoms with van der Waals surface area (Å²) in [6, 6.07) is 8.38. The Morgan fingerprint density at radius 1 is 1.25 bits per heavy atom. The number of hydrogen-bond donors (Lipinski definition) is 2. The SMILES string of the molecule is Cc1c(C(C)NCCCC(C)CO)oc2ccccc12. The van der Waals surface area contributed by atoms with Crippen LogP contribution >= 0.6 is 0 Å². The standard InChI is InChI=1S/C17H25NO2/c1-12(11-19)7-6-10-18-14(3)17-13(2)15-8-4-5-9-16(15)20-17/h4-5,8-9,12,14,18-19H,6-7,10-11H2,1-3H3. The van der Waals surface area contributed by atoms with Crippen LogP contribution in [0.1, 0.15) is 44.1 Å². The van der Waals surface area contributed by atoms with Crippen molar-refractivity contribution in [2.24, 2.45) is 5.92 Å². The molecular weight excluding hydrogens is 250 g/mol. The van der Waals surface area contributed by atoms with E-state index >= 15 is 0 Å². The highest BCUT2D eigenvalue weighted by atomic mass is 16.3. The summed E-state index contributed by atoms with van der Waals surface area (Å²) < 4.78 is 5.96. The fourth-order valence-electron chi connectivity index (χ4n) is 2.56. The molecule has 3 nitrogen and oxygen atoms in total. The lowest BCUT2D eigenvalue weighted by Gasteiger charge is -2.13. The van der Waals surface area contributed by atoms with E-state index in [0.717, 1.165) is 30.7 Å². The Bertz CT molecular complexity index is 547.